The lowest BCUT2D eigenvalue weighted by molar-refractivity contribution is 0.102. The third kappa shape index (κ3) is 2.72. The van der Waals surface area contributed by atoms with Gasteiger partial charge >= 0.3 is 0 Å². The molecule has 0 saturated carbocycles. The van der Waals surface area contributed by atoms with E-state index in [1.807, 2.05) is 0 Å². The number of aromatic nitrogens is 2. The Balaban J connectivity index is 2.11. The molecule has 1 aromatic heterocycles. The highest BCUT2D eigenvalue weighted by Gasteiger charge is 2.15. The normalized spacial score (nSPS) is 17.7. The summed E-state index contributed by atoms with van der Waals surface area (Å²) in [6.07, 6.45) is 8.85. The molecule has 80 valence electrons. The summed E-state index contributed by atoms with van der Waals surface area (Å²) in [6, 6.07) is 0. The lowest BCUT2D eigenvalue weighted by Crippen LogP contribution is -2.05. The molecule has 1 aromatic rings. The number of carbonyl (C=O) groups is 1. The molecule has 0 N–H and O–H groups in total. The van der Waals surface area contributed by atoms with Crippen LogP contribution in [0.2, 0.25) is 0 Å². The lowest BCUT2D eigenvalue weighted by atomic mass is 9.96. The molecule has 0 fully saturated rings. The predicted molar refractivity (Wildman–Crippen MR) is 60.0 cm³/mol. The summed E-state index contributed by atoms with van der Waals surface area (Å²) in [7, 11) is 0. The van der Waals surface area contributed by atoms with Crippen LogP contribution in [0.3, 0.4) is 0 Å². The van der Waals surface area contributed by atoms with Gasteiger partial charge in [-0.15, -0.1) is 5.10 Å². The third-order valence-corrected chi connectivity index (χ3v) is 3.18. The second kappa shape index (κ2) is 5.16. The fraction of sp³-hybridized carbons (Fsp3) is 0.545. The van der Waals surface area contributed by atoms with Crippen molar-refractivity contribution in [3.05, 3.63) is 22.7 Å². The maximum Gasteiger partial charge on any atom is 0.209 e. The summed E-state index contributed by atoms with van der Waals surface area (Å²) in [4.78, 5) is 12.0. The van der Waals surface area contributed by atoms with E-state index in [0.29, 0.717) is 5.69 Å². The molecule has 0 atom stereocenters. The van der Waals surface area contributed by atoms with Crippen LogP contribution in [0, 0.1) is 0 Å². The van der Waals surface area contributed by atoms with Crippen LogP contribution in [0.1, 0.15) is 49.0 Å². The van der Waals surface area contributed by atoms with Crippen LogP contribution in [0.25, 0.3) is 0 Å². The summed E-state index contributed by atoms with van der Waals surface area (Å²) in [6.45, 7) is 0. The Labute approximate surface area is 93.4 Å². The van der Waals surface area contributed by atoms with Gasteiger partial charge in [-0.25, -0.2) is 0 Å². The van der Waals surface area contributed by atoms with Crippen molar-refractivity contribution in [1.29, 1.82) is 0 Å². The Bertz CT molecular complexity index is 357. The number of rotatable bonds is 2. The van der Waals surface area contributed by atoms with E-state index < -0.39 is 0 Å². The number of ketones is 1. The molecule has 2 rings (SSSR count). The fourth-order valence-electron chi connectivity index (χ4n) is 1.83. The minimum atomic E-state index is 0.0747. The smallest absolute Gasteiger partial charge is 0.209 e. The standard InChI is InChI=1S/C11H14N2OS/c14-11(10-8-15-13-12-10)9-6-4-2-1-3-5-7-9/h6,8H,1-5,7H2. The zero-order valence-corrected chi connectivity index (χ0v) is 9.42. The van der Waals surface area contributed by atoms with Crippen molar-refractivity contribution in [2.75, 3.05) is 0 Å². The number of allylic oxidation sites excluding steroid dienone is 2. The monoisotopic (exact) mass is 222 g/mol. The van der Waals surface area contributed by atoms with Gasteiger partial charge in [0, 0.05) is 5.38 Å². The van der Waals surface area contributed by atoms with E-state index in [0.717, 1.165) is 24.8 Å². The molecule has 0 spiro atoms. The van der Waals surface area contributed by atoms with Gasteiger partial charge in [-0.2, -0.15) is 0 Å². The first kappa shape index (κ1) is 10.5. The first-order valence-corrected chi connectivity index (χ1v) is 6.22. The molecular weight excluding hydrogens is 208 g/mol. The van der Waals surface area contributed by atoms with Gasteiger partial charge in [0.2, 0.25) is 5.78 Å². The van der Waals surface area contributed by atoms with Crippen molar-refractivity contribution in [1.82, 2.24) is 9.59 Å². The van der Waals surface area contributed by atoms with Gasteiger partial charge in [0.1, 0.15) is 5.69 Å². The zero-order chi connectivity index (χ0) is 10.5. The second-order valence-electron chi connectivity index (χ2n) is 3.80. The lowest BCUT2D eigenvalue weighted by Gasteiger charge is -2.08. The van der Waals surface area contributed by atoms with Gasteiger partial charge in [0.15, 0.2) is 0 Å². The van der Waals surface area contributed by atoms with E-state index in [1.165, 1.54) is 30.8 Å². The highest BCUT2D eigenvalue weighted by Crippen LogP contribution is 2.20. The van der Waals surface area contributed by atoms with Crippen molar-refractivity contribution in [2.24, 2.45) is 0 Å². The summed E-state index contributed by atoms with van der Waals surface area (Å²) in [5.41, 5.74) is 1.44. The summed E-state index contributed by atoms with van der Waals surface area (Å²) < 4.78 is 3.72. The maximum absolute atomic E-state index is 12.0. The molecule has 1 aliphatic rings. The first-order chi connectivity index (χ1) is 7.38. The quantitative estimate of drug-likeness (QED) is 0.722. The van der Waals surface area contributed by atoms with Crippen LogP contribution in [0.5, 0.6) is 0 Å². The minimum absolute atomic E-state index is 0.0747. The third-order valence-electron chi connectivity index (χ3n) is 2.68. The van der Waals surface area contributed by atoms with Crippen LogP contribution in [0.4, 0.5) is 0 Å². The van der Waals surface area contributed by atoms with Crippen LogP contribution < -0.4 is 0 Å². The molecule has 0 saturated heterocycles. The maximum atomic E-state index is 12.0. The average Bonchev–Trinajstić information content (AvgIpc) is 2.68. The highest BCUT2D eigenvalue weighted by molar-refractivity contribution is 7.03. The summed E-state index contributed by atoms with van der Waals surface area (Å²) >= 11 is 1.23. The Morgan fingerprint density at radius 1 is 1.27 bits per heavy atom. The fourth-order valence-corrected chi connectivity index (χ4v) is 2.26. The molecule has 0 aromatic carbocycles. The van der Waals surface area contributed by atoms with Crippen LogP contribution >= 0.6 is 11.5 Å². The predicted octanol–water partition coefficient (Wildman–Crippen LogP) is 3.00. The summed E-state index contributed by atoms with van der Waals surface area (Å²) in [5.74, 6) is 0.0747. The number of nitrogens with zero attached hydrogens (tertiary/aromatic N) is 2. The summed E-state index contributed by atoms with van der Waals surface area (Å²) in [5, 5.41) is 5.55. The van der Waals surface area contributed by atoms with Crippen LogP contribution in [-0.2, 0) is 0 Å². The SMILES string of the molecule is O=C(C1=CCCCCCC1)c1csnn1. The van der Waals surface area contributed by atoms with Crippen LogP contribution in [0.15, 0.2) is 17.0 Å². The second-order valence-corrected chi connectivity index (χ2v) is 4.41. The molecule has 0 bridgehead atoms. The molecule has 0 radical (unpaired) electrons. The molecule has 0 amide bonds. The molecule has 3 nitrogen and oxygen atoms in total. The van der Waals surface area contributed by atoms with E-state index in [2.05, 4.69) is 15.7 Å². The van der Waals surface area contributed by atoms with Gasteiger partial charge in [-0.05, 0) is 42.8 Å². The number of Topliss-reactive ketones (excluding diaryl/α,β-unsaturated/α-hetero) is 1. The Morgan fingerprint density at radius 2 is 2.13 bits per heavy atom. The molecule has 0 unspecified atom stereocenters. The largest absolute Gasteiger partial charge is 0.287 e. The van der Waals surface area contributed by atoms with Gasteiger partial charge in [0.05, 0.1) is 0 Å². The van der Waals surface area contributed by atoms with E-state index in [9.17, 15) is 4.79 Å². The van der Waals surface area contributed by atoms with Gasteiger partial charge in [-0.3, -0.25) is 4.79 Å². The van der Waals surface area contributed by atoms with Crippen LogP contribution in [-0.4, -0.2) is 15.4 Å². The first-order valence-electron chi connectivity index (χ1n) is 5.39. The molecule has 0 aliphatic heterocycles. The van der Waals surface area contributed by atoms with Gasteiger partial charge < -0.3 is 0 Å². The van der Waals surface area contributed by atoms with E-state index in [-0.39, 0.29) is 5.78 Å². The van der Waals surface area contributed by atoms with Gasteiger partial charge in [-0.1, -0.05) is 23.4 Å². The average molecular weight is 222 g/mol. The van der Waals surface area contributed by atoms with Crippen molar-refractivity contribution < 1.29 is 4.79 Å². The molecule has 15 heavy (non-hydrogen) atoms. The van der Waals surface area contributed by atoms with Gasteiger partial charge in [0.25, 0.3) is 0 Å². The molecular formula is C11H14N2OS. The Hall–Kier alpha value is -1.03. The molecule has 1 heterocycles. The Kier molecular flexibility index (Phi) is 3.61. The number of carbonyl (C=O) groups excluding carboxylic acids is 1. The number of hydrogen-bond donors (Lipinski definition) is 0. The molecule has 4 heteroatoms. The Morgan fingerprint density at radius 3 is 2.93 bits per heavy atom. The topological polar surface area (TPSA) is 42.9 Å². The van der Waals surface area contributed by atoms with E-state index in [4.69, 9.17) is 0 Å². The molecule has 1 aliphatic carbocycles. The zero-order valence-electron chi connectivity index (χ0n) is 8.61. The minimum Gasteiger partial charge on any atom is -0.287 e. The van der Waals surface area contributed by atoms with E-state index >= 15 is 0 Å². The van der Waals surface area contributed by atoms with E-state index in [1.54, 1.807) is 5.38 Å². The highest BCUT2D eigenvalue weighted by atomic mass is 32.1. The van der Waals surface area contributed by atoms with Crippen molar-refractivity contribution in [3.63, 3.8) is 0 Å². The van der Waals surface area contributed by atoms with Crippen molar-refractivity contribution in [3.8, 4) is 0 Å². The van der Waals surface area contributed by atoms with Crippen molar-refractivity contribution >= 4 is 17.3 Å². The number of hydrogen-bond acceptors (Lipinski definition) is 4. The van der Waals surface area contributed by atoms with Crippen molar-refractivity contribution in [2.45, 2.75) is 38.5 Å².